The Kier molecular flexibility index (Phi) is 7.21. The van der Waals surface area contributed by atoms with Crippen molar-refractivity contribution in [2.45, 2.75) is 44.6 Å². The summed E-state index contributed by atoms with van der Waals surface area (Å²) in [5.74, 6) is -1.74. The molecule has 9 heteroatoms. The van der Waals surface area contributed by atoms with Gasteiger partial charge in [-0.2, -0.15) is 0 Å². The molecule has 0 radical (unpaired) electrons. The Morgan fingerprint density at radius 2 is 2.11 bits per heavy atom. The predicted octanol–water partition coefficient (Wildman–Crippen LogP) is 2.16. The number of carbonyl (C=O) groups excluding carboxylic acids is 1. The van der Waals surface area contributed by atoms with Gasteiger partial charge in [-0.25, -0.2) is 13.6 Å². The van der Waals surface area contributed by atoms with Crippen LogP contribution in [0.25, 0.3) is 0 Å². The third kappa shape index (κ3) is 6.21. The highest BCUT2D eigenvalue weighted by Crippen LogP contribution is 2.30. The molecule has 1 fully saturated rings. The summed E-state index contributed by atoms with van der Waals surface area (Å²) >= 11 is 0. The van der Waals surface area contributed by atoms with E-state index in [1.54, 1.807) is 0 Å². The van der Waals surface area contributed by atoms with Gasteiger partial charge in [0.2, 0.25) is 0 Å². The molecule has 2 atom stereocenters. The van der Waals surface area contributed by atoms with Crippen molar-refractivity contribution in [1.82, 2.24) is 10.2 Å². The molecule has 6 nitrogen and oxygen atoms in total. The van der Waals surface area contributed by atoms with Gasteiger partial charge in [0, 0.05) is 12.7 Å². The molecular formula is C18H25BF2N2O4. The number of allylic oxidation sites excluding steroid dienone is 1. The van der Waals surface area contributed by atoms with Crippen molar-refractivity contribution < 1.29 is 28.4 Å². The number of hydrogen-bond donors (Lipinski definition) is 3. The molecule has 27 heavy (non-hydrogen) atoms. The lowest BCUT2D eigenvalue weighted by Gasteiger charge is -2.34. The minimum atomic E-state index is -1.81. The molecule has 2 rings (SSSR count). The average molecular weight is 382 g/mol. The van der Waals surface area contributed by atoms with Crippen LogP contribution in [0.4, 0.5) is 13.6 Å². The van der Waals surface area contributed by atoms with Crippen LogP contribution in [0.5, 0.6) is 0 Å². The zero-order chi connectivity index (χ0) is 20.0. The van der Waals surface area contributed by atoms with Gasteiger partial charge in [-0.3, -0.25) is 0 Å². The van der Waals surface area contributed by atoms with E-state index in [2.05, 4.69) is 5.32 Å². The first-order valence-corrected chi connectivity index (χ1v) is 8.84. The predicted molar refractivity (Wildman–Crippen MR) is 97.8 cm³/mol. The van der Waals surface area contributed by atoms with Crippen molar-refractivity contribution in [2.75, 3.05) is 13.2 Å². The van der Waals surface area contributed by atoms with Crippen LogP contribution in [0, 0.1) is 5.82 Å². The third-order valence-electron chi connectivity index (χ3n) is 4.69. The Balaban J connectivity index is 1.92. The Bertz CT molecular complexity index is 668. The third-order valence-corrected chi connectivity index (χ3v) is 4.69. The summed E-state index contributed by atoms with van der Waals surface area (Å²) < 4.78 is 31.4. The fourth-order valence-corrected chi connectivity index (χ4v) is 3.15. The molecule has 1 aromatic carbocycles. The number of nitrogens with one attached hydrogen (secondary N) is 1. The number of likely N-dealkylation sites (tertiary alicyclic amines) is 1. The topological polar surface area (TPSA) is 82.0 Å². The summed E-state index contributed by atoms with van der Waals surface area (Å²) in [6.45, 7) is 3.94. The molecule has 0 aromatic heterocycles. The van der Waals surface area contributed by atoms with Gasteiger partial charge in [-0.15, -0.1) is 0 Å². The second-order valence-corrected chi connectivity index (χ2v) is 7.08. The summed E-state index contributed by atoms with van der Waals surface area (Å²) in [5.41, 5.74) is 0.113. The van der Waals surface area contributed by atoms with Gasteiger partial charge in [0.25, 0.3) is 0 Å². The minimum Gasteiger partial charge on any atom is -0.447 e. The van der Waals surface area contributed by atoms with Gasteiger partial charge in [-0.1, -0.05) is 12.1 Å². The normalized spacial score (nSPS) is 21.1. The first-order chi connectivity index (χ1) is 12.7. The van der Waals surface area contributed by atoms with E-state index < -0.39 is 30.5 Å². The van der Waals surface area contributed by atoms with Crippen LogP contribution >= 0.6 is 0 Å². The van der Waals surface area contributed by atoms with Crippen LogP contribution in [0.3, 0.4) is 0 Å². The lowest BCUT2D eigenvalue weighted by atomic mass is 9.76. The van der Waals surface area contributed by atoms with Crippen molar-refractivity contribution >= 4 is 13.2 Å². The van der Waals surface area contributed by atoms with Gasteiger partial charge in [0.15, 0.2) is 0 Å². The number of halogens is 2. The second-order valence-electron chi connectivity index (χ2n) is 7.08. The number of ether oxygens (including phenoxy) is 1. The molecule has 148 valence electrons. The molecule has 1 heterocycles. The Morgan fingerprint density at radius 1 is 1.44 bits per heavy atom. The van der Waals surface area contributed by atoms with Crippen LogP contribution in [-0.4, -0.2) is 52.8 Å². The molecule has 1 aliphatic rings. The molecule has 2 unspecified atom stereocenters. The molecule has 0 saturated carbocycles. The standard InChI is InChI=1S/C18H25BF2N2O4/c1-13(20)11-23-9-3-8-18(23,2)12-27-17(24)22-16(19(25)26)10-14-4-6-15(21)7-5-14/h4-7,11,16,25-26H,3,8-10,12H2,1-2H3,(H,22,24). The summed E-state index contributed by atoms with van der Waals surface area (Å²) in [5, 5.41) is 21.4. The van der Waals surface area contributed by atoms with Crippen LogP contribution in [0.15, 0.2) is 36.3 Å². The molecule has 1 amide bonds. The number of nitrogens with zero attached hydrogens (tertiary/aromatic N) is 1. The van der Waals surface area contributed by atoms with Crippen molar-refractivity contribution in [3.63, 3.8) is 0 Å². The van der Waals surface area contributed by atoms with Crippen LogP contribution in [-0.2, 0) is 11.2 Å². The lowest BCUT2D eigenvalue weighted by molar-refractivity contribution is 0.0764. The fourth-order valence-electron chi connectivity index (χ4n) is 3.15. The average Bonchev–Trinajstić information content (AvgIpc) is 2.95. The molecular weight excluding hydrogens is 357 g/mol. The molecule has 0 bridgehead atoms. The molecule has 1 aliphatic heterocycles. The van der Waals surface area contributed by atoms with Crippen LogP contribution in [0.1, 0.15) is 32.3 Å². The van der Waals surface area contributed by atoms with E-state index in [0.717, 1.165) is 12.8 Å². The Labute approximate surface area is 158 Å². The molecule has 1 saturated heterocycles. The number of rotatable bonds is 7. The number of alkyl carbamates (subject to hydrolysis) is 1. The SMILES string of the molecule is CC(F)=CN1CCCC1(C)COC(=O)NC(Cc1ccc(F)cc1)B(O)O. The van der Waals surface area contributed by atoms with Gasteiger partial charge in [-0.05, 0) is 50.8 Å². The second kappa shape index (κ2) is 9.19. The monoisotopic (exact) mass is 382 g/mol. The van der Waals surface area contributed by atoms with E-state index in [1.807, 2.05) is 11.8 Å². The maximum absolute atomic E-state index is 13.2. The van der Waals surface area contributed by atoms with E-state index in [-0.39, 0.29) is 18.9 Å². The van der Waals surface area contributed by atoms with Gasteiger partial charge >= 0.3 is 13.2 Å². The summed E-state index contributed by atoms with van der Waals surface area (Å²) in [6.07, 6.45) is 2.30. The number of amides is 1. The number of benzene rings is 1. The van der Waals surface area contributed by atoms with E-state index in [1.165, 1.54) is 37.4 Å². The van der Waals surface area contributed by atoms with Crippen molar-refractivity contribution in [3.8, 4) is 0 Å². The largest absolute Gasteiger partial charge is 0.475 e. The van der Waals surface area contributed by atoms with E-state index in [4.69, 9.17) is 4.74 Å². The van der Waals surface area contributed by atoms with Crippen molar-refractivity contribution in [1.29, 1.82) is 0 Å². The first kappa shape index (κ1) is 21.2. The zero-order valence-electron chi connectivity index (χ0n) is 15.5. The lowest BCUT2D eigenvalue weighted by Crippen LogP contribution is -2.50. The quantitative estimate of drug-likeness (QED) is 0.630. The van der Waals surface area contributed by atoms with Crippen molar-refractivity contribution in [2.24, 2.45) is 0 Å². The van der Waals surface area contributed by atoms with Gasteiger partial charge in [0.05, 0.1) is 11.5 Å². The van der Waals surface area contributed by atoms with Crippen LogP contribution in [0.2, 0.25) is 0 Å². The Hall–Kier alpha value is -2.13. The summed E-state index contributed by atoms with van der Waals surface area (Å²) in [7, 11) is -1.81. The molecule has 0 aliphatic carbocycles. The number of carbonyl (C=O) groups is 1. The molecule has 3 N–H and O–H groups in total. The van der Waals surface area contributed by atoms with E-state index >= 15 is 0 Å². The smallest absolute Gasteiger partial charge is 0.447 e. The Morgan fingerprint density at radius 3 is 2.70 bits per heavy atom. The maximum Gasteiger partial charge on any atom is 0.475 e. The maximum atomic E-state index is 13.2. The summed E-state index contributed by atoms with van der Waals surface area (Å²) in [4.78, 5) is 13.9. The number of hydrogen-bond acceptors (Lipinski definition) is 5. The molecule has 0 spiro atoms. The van der Waals surface area contributed by atoms with Crippen molar-refractivity contribution in [3.05, 3.63) is 47.7 Å². The molecule has 1 aromatic rings. The zero-order valence-corrected chi connectivity index (χ0v) is 15.5. The van der Waals surface area contributed by atoms with E-state index in [0.29, 0.717) is 12.1 Å². The van der Waals surface area contributed by atoms with Crippen LogP contribution < -0.4 is 5.32 Å². The summed E-state index contributed by atoms with van der Waals surface area (Å²) in [6, 6.07) is 5.51. The first-order valence-electron chi connectivity index (χ1n) is 8.84. The highest BCUT2D eigenvalue weighted by Gasteiger charge is 2.37. The van der Waals surface area contributed by atoms with Gasteiger partial charge < -0.3 is 25.0 Å². The highest BCUT2D eigenvalue weighted by molar-refractivity contribution is 6.43. The minimum absolute atomic E-state index is 0.0351. The highest BCUT2D eigenvalue weighted by atomic mass is 19.1. The fraction of sp³-hybridized carbons (Fsp3) is 0.500. The van der Waals surface area contributed by atoms with Gasteiger partial charge in [0.1, 0.15) is 18.3 Å². The van der Waals surface area contributed by atoms with E-state index in [9.17, 15) is 23.6 Å².